The number of rotatable bonds is 0. The van der Waals surface area contributed by atoms with Crippen molar-refractivity contribution >= 4 is 11.6 Å². The average Bonchev–Trinajstić information content (AvgIpc) is 2.49. The molecule has 1 aromatic rings. The lowest BCUT2D eigenvalue weighted by Gasteiger charge is -2.26. The van der Waals surface area contributed by atoms with E-state index in [0.717, 1.165) is 17.7 Å². The van der Waals surface area contributed by atoms with Crippen molar-refractivity contribution in [3.05, 3.63) is 52.7 Å². The molecule has 0 saturated heterocycles. The number of carbonyl (C=O) groups is 1. The van der Waals surface area contributed by atoms with Gasteiger partial charge in [0.2, 0.25) is 0 Å². The van der Waals surface area contributed by atoms with Gasteiger partial charge in [-0.05, 0) is 24.5 Å². The zero-order chi connectivity index (χ0) is 13.6. The molecule has 0 radical (unpaired) electrons. The monoisotopic (exact) mass is 254 g/mol. The highest BCUT2D eigenvalue weighted by atomic mass is 16.2. The molecule has 2 aliphatic heterocycles. The molecular formula is C16H18N2O. The highest BCUT2D eigenvalue weighted by Gasteiger charge is 2.29. The lowest BCUT2D eigenvalue weighted by molar-refractivity contribution is -0.126. The molecule has 0 saturated carbocycles. The van der Waals surface area contributed by atoms with Crippen molar-refractivity contribution in [1.29, 1.82) is 0 Å². The number of amides is 1. The standard InChI is InChI=1S/C16H18N2O/c1-11-6-4-7-12-10-18(3)16(19)13-8-5-9-17(2)15(13)14(11)12/h4-7,9H,8,10H2,1-3H3. The van der Waals surface area contributed by atoms with Gasteiger partial charge in [-0.1, -0.05) is 24.3 Å². The van der Waals surface area contributed by atoms with Crippen LogP contribution in [-0.2, 0) is 11.3 Å². The molecule has 0 fully saturated rings. The van der Waals surface area contributed by atoms with E-state index in [2.05, 4.69) is 30.0 Å². The van der Waals surface area contributed by atoms with Gasteiger partial charge in [0.05, 0.1) is 5.70 Å². The van der Waals surface area contributed by atoms with Crippen LogP contribution in [0.25, 0.3) is 5.70 Å². The molecule has 2 heterocycles. The average molecular weight is 254 g/mol. The summed E-state index contributed by atoms with van der Waals surface area (Å²) >= 11 is 0. The van der Waals surface area contributed by atoms with E-state index < -0.39 is 0 Å². The van der Waals surface area contributed by atoms with Gasteiger partial charge < -0.3 is 9.80 Å². The first-order valence-electron chi connectivity index (χ1n) is 6.56. The van der Waals surface area contributed by atoms with E-state index in [1.165, 1.54) is 16.7 Å². The van der Waals surface area contributed by atoms with Gasteiger partial charge in [-0.25, -0.2) is 0 Å². The van der Waals surface area contributed by atoms with E-state index in [0.29, 0.717) is 6.54 Å². The van der Waals surface area contributed by atoms with E-state index >= 15 is 0 Å². The predicted octanol–water partition coefficient (Wildman–Crippen LogP) is 2.53. The van der Waals surface area contributed by atoms with Crippen molar-refractivity contribution in [2.75, 3.05) is 14.1 Å². The first kappa shape index (κ1) is 12.0. The number of hydrogen-bond donors (Lipinski definition) is 0. The molecule has 3 rings (SSSR count). The molecule has 1 amide bonds. The number of allylic oxidation sites excluding steroid dienone is 1. The summed E-state index contributed by atoms with van der Waals surface area (Å²) in [4.78, 5) is 16.4. The minimum absolute atomic E-state index is 0.141. The number of hydrogen-bond acceptors (Lipinski definition) is 2. The highest BCUT2D eigenvalue weighted by Crippen LogP contribution is 2.36. The maximum Gasteiger partial charge on any atom is 0.252 e. The SMILES string of the molecule is Cc1cccc2c1C1=C(CC=CN1C)C(=O)N(C)C2. The van der Waals surface area contributed by atoms with Gasteiger partial charge in [-0.15, -0.1) is 0 Å². The molecule has 0 unspecified atom stereocenters. The predicted molar refractivity (Wildman–Crippen MR) is 76.1 cm³/mol. The lowest BCUT2D eigenvalue weighted by atomic mass is 9.94. The fourth-order valence-corrected chi connectivity index (χ4v) is 2.99. The Morgan fingerprint density at radius 1 is 1.21 bits per heavy atom. The van der Waals surface area contributed by atoms with Crippen LogP contribution in [0.3, 0.4) is 0 Å². The Balaban J connectivity index is 2.31. The van der Waals surface area contributed by atoms with Crippen LogP contribution >= 0.6 is 0 Å². The maximum atomic E-state index is 12.5. The summed E-state index contributed by atoms with van der Waals surface area (Å²) in [6, 6.07) is 6.30. The van der Waals surface area contributed by atoms with Gasteiger partial charge in [0.15, 0.2) is 0 Å². The number of fused-ring (bicyclic) bond motifs is 2. The van der Waals surface area contributed by atoms with Crippen LogP contribution in [0.1, 0.15) is 23.1 Å². The zero-order valence-corrected chi connectivity index (χ0v) is 11.6. The van der Waals surface area contributed by atoms with Gasteiger partial charge in [-0.2, -0.15) is 0 Å². The van der Waals surface area contributed by atoms with Crippen LogP contribution in [0.4, 0.5) is 0 Å². The van der Waals surface area contributed by atoms with Crippen molar-refractivity contribution < 1.29 is 4.79 Å². The Labute approximate surface area is 113 Å². The number of aryl methyl sites for hydroxylation is 1. The third-order valence-electron chi connectivity index (χ3n) is 3.90. The second kappa shape index (κ2) is 4.26. The van der Waals surface area contributed by atoms with Gasteiger partial charge in [0.1, 0.15) is 0 Å². The van der Waals surface area contributed by atoms with Crippen molar-refractivity contribution in [3.63, 3.8) is 0 Å². The van der Waals surface area contributed by atoms with Crippen LogP contribution in [-0.4, -0.2) is 29.8 Å². The summed E-state index contributed by atoms with van der Waals surface area (Å²) < 4.78 is 0. The second-order valence-electron chi connectivity index (χ2n) is 5.30. The smallest absolute Gasteiger partial charge is 0.252 e. The van der Waals surface area contributed by atoms with Gasteiger partial charge in [0.25, 0.3) is 5.91 Å². The van der Waals surface area contributed by atoms with E-state index in [1.54, 1.807) is 0 Å². The van der Waals surface area contributed by atoms with Crippen LogP contribution < -0.4 is 0 Å². The molecule has 0 atom stereocenters. The normalized spacial score (nSPS) is 18.4. The summed E-state index contributed by atoms with van der Waals surface area (Å²) in [5.41, 5.74) is 5.66. The molecule has 2 aliphatic rings. The van der Waals surface area contributed by atoms with E-state index in [-0.39, 0.29) is 5.91 Å². The molecular weight excluding hydrogens is 236 g/mol. The molecule has 3 nitrogen and oxygen atoms in total. The molecule has 0 aliphatic carbocycles. The Morgan fingerprint density at radius 3 is 2.79 bits per heavy atom. The van der Waals surface area contributed by atoms with E-state index in [9.17, 15) is 4.79 Å². The second-order valence-corrected chi connectivity index (χ2v) is 5.30. The minimum Gasteiger partial charge on any atom is -0.350 e. The summed E-state index contributed by atoms with van der Waals surface area (Å²) in [5.74, 6) is 0.141. The van der Waals surface area contributed by atoms with E-state index in [4.69, 9.17) is 0 Å². The number of nitrogens with zero attached hydrogens (tertiary/aromatic N) is 2. The Bertz CT molecular complexity index is 613. The maximum absolute atomic E-state index is 12.5. The molecule has 0 N–H and O–H groups in total. The van der Waals surface area contributed by atoms with Crippen LogP contribution in [0, 0.1) is 6.92 Å². The van der Waals surface area contributed by atoms with Crippen LogP contribution in [0.2, 0.25) is 0 Å². The van der Waals surface area contributed by atoms with Crippen LogP contribution in [0.5, 0.6) is 0 Å². The Hall–Kier alpha value is -2.03. The van der Waals surface area contributed by atoms with E-state index in [1.807, 2.05) is 31.3 Å². The Kier molecular flexibility index (Phi) is 2.70. The number of likely N-dealkylation sites (N-methyl/N-ethyl adjacent to an activating group) is 1. The number of carbonyl (C=O) groups excluding carboxylic acids is 1. The fourth-order valence-electron chi connectivity index (χ4n) is 2.99. The quantitative estimate of drug-likeness (QED) is 0.710. The first-order valence-corrected chi connectivity index (χ1v) is 6.56. The number of benzene rings is 1. The van der Waals surface area contributed by atoms with Gasteiger partial charge in [0, 0.05) is 38.0 Å². The molecule has 1 aromatic carbocycles. The summed E-state index contributed by atoms with van der Waals surface area (Å²) in [6.07, 6.45) is 4.82. The van der Waals surface area contributed by atoms with Crippen molar-refractivity contribution in [2.45, 2.75) is 19.9 Å². The van der Waals surface area contributed by atoms with Crippen molar-refractivity contribution in [1.82, 2.24) is 9.80 Å². The third-order valence-corrected chi connectivity index (χ3v) is 3.90. The van der Waals surface area contributed by atoms with Crippen molar-refractivity contribution in [3.8, 4) is 0 Å². The molecule has 0 bridgehead atoms. The van der Waals surface area contributed by atoms with Crippen molar-refractivity contribution in [2.24, 2.45) is 0 Å². The van der Waals surface area contributed by atoms with Crippen LogP contribution in [0.15, 0.2) is 36.0 Å². The molecule has 3 heteroatoms. The Morgan fingerprint density at radius 2 is 2.00 bits per heavy atom. The topological polar surface area (TPSA) is 23.6 Å². The molecule has 19 heavy (non-hydrogen) atoms. The summed E-state index contributed by atoms with van der Waals surface area (Å²) in [5, 5.41) is 0. The van der Waals surface area contributed by atoms with Gasteiger partial charge >= 0.3 is 0 Å². The largest absolute Gasteiger partial charge is 0.350 e. The summed E-state index contributed by atoms with van der Waals surface area (Å²) in [7, 11) is 3.89. The molecule has 0 aromatic heterocycles. The summed E-state index contributed by atoms with van der Waals surface area (Å²) in [6.45, 7) is 2.79. The first-order chi connectivity index (χ1) is 9.09. The molecule has 98 valence electrons. The fraction of sp³-hybridized carbons (Fsp3) is 0.312. The molecule has 0 spiro atoms. The zero-order valence-electron chi connectivity index (χ0n) is 11.6. The lowest BCUT2D eigenvalue weighted by Crippen LogP contribution is -2.28. The minimum atomic E-state index is 0.141. The third kappa shape index (κ3) is 1.77. The highest BCUT2D eigenvalue weighted by molar-refractivity contribution is 6.03. The van der Waals surface area contributed by atoms with Gasteiger partial charge in [-0.3, -0.25) is 4.79 Å².